The number of fused-ring (bicyclic) bond motifs is 1. The topological polar surface area (TPSA) is 76.1 Å². The van der Waals surface area contributed by atoms with Gasteiger partial charge in [-0.15, -0.1) is 11.3 Å². The first-order chi connectivity index (χ1) is 19.4. The molecule has 1 amide bonds. The zero-order valence-corrected chi connectivity index (χ0v) is 24.2. The van der Waals surface area contributed by atoms with Gasteiger partial charge in [0.2, 0.25) is 0 Å². The van der Waals surface area contributed by atoms with E-state index >= 15 is 0 Å². The molecule has 0 unspecified atom stereocenters. The highest BCUT2D eigenvalue weighted by Gasteiger charge is 2.17. The summed E-state index contributed by atoms with van der Waals surface area (Å²) < 4.78 is 26.8. The molecule has 2 heterocycles. The lowest BCUT2D eigenvalue weighted by atomic mass is 9.97. The van der Waals surface area contributed by atoms with Gasteiger partial charge in [-0.1, -0.05) is 86.7 Å². The molecule has 3 aromatic carbocycles. The smallest absolute Gasteiger partial charge is 0.269 e. The van der Waals surface area contributed by atoms with Gasteiger partial charge in [0.1, 0.15) is 4.21 Å². The fraction of sp³-hybridized carbons (Fsp3) is 0.0909. The number of benzene rings is 3. The number of aromatic nitrogens is 1. The first kappa shape index (κ1) is 28.7. The number of nitrogens with one attached hydrogen (secondary N) is 1. The highest BCUT2D eigenvalue weighted by molar-refractivity contribution is 7.92. The van der Waals surface area contributed by atoms with Crippen LogP contribution in [0.25, 0.3) is 40.3 Å². The maximum Gasteiger partial charge on any atom is 0.273 e. The standard InChI is InChI=1S/C31H24N2O3S2.C2H6/c1-22-11-13-25-14-17-27(32-29(25)20-22)16-12-23-6-4-8-26(21-23)28-9-3-2-7-24(28)15-18-30(34)33-38(35,36)31-10-5-19-37-31;1-2/h2-21H,1H3,(H,33,34);1-2H3/b16-12+,18-15+;. The van der Waals surface area contributed by atoms with Crippen molar-refractivity contribution in [1.82, 2.24) is 9.71 Å². The third-order valence-corrected chi connectivity index (χ3v) is 8.63. The molecule has 0 bridgehead atoms. The summed E-state index contributed by atoms with van der Waals surface area (Å²) in [6.07, 6.45) is 6.87. The van der Waals surface area contributed by atoms with Crippen molar-refractivity contribution < 1.29 is 13.2 Å². The molecule has 0 aliphatic heterocycles. The summed E-state index contributed by atoms with van der Waals surface area (Å²) in [5.41, 5.74) is 6.71. The number of pyridine rings is 1. The monoisotopic (exact) mass is 566 g/mol. The maximum atomic E-state index is 12.4. The van der Waals surface area contributed by atoms with Crippen LogP contribution >= 0.6 is 11.3 Å². The molecule has 0 radical (unpaired) electrons. The number of sulfonamides is 1. The minimum absolute atomic E-state index is 0.0959. The van der Waals surface area contributed by atoms with Crippen molar-refractivity contribution in [3.8, 4) is 11.1 Å². The molecule has 2 aromatic heterocycles. The van der Waals surface area contributed by atoms with Crippen LogP contribution in [-0.4, -0.2) is 19.3 Å². The van der Waals surface area contributed by atoms with Gasteiger partial charge in [0.15, 0.2) is 0 Å². The van der Waals surface area contributed by atoms with Crippen LogP contribution in [0.3, 0.4) is 0 Å². The molecule has 0 atom stereocenters. The van der Waals surface area contributed by atoms with Gasteiger partial charge < -0.3 is 0 Å². The van der Waals surface area contributed by atoms with Gasteiger partial charge >= 0.3 is 0 Å². The number of hydrogen-bond donors (Lipinski definition) is 1. The van der Waals surface area contributed by atoms with E-state index in [9.17, 15) is 13.2 Å². The molecule has 202 valence electrons. The van der Waals surface area contributed by atoms with E-state index < -0.39 is 15.9 Å². The third-order valence-electron chi connectivity index (χ3n) is 5.88. The zero-order chi connectivity index (χ0) is 28.5. The van der Waals surface area contributed by atoms with Crippen molar-refractivity contribution in [2.45, 2.75) is 25.0 Å². The van der Waals surface area contributed by atoms with Crippen LogP contribution in [0.4, 0.5) is 0 Å². The lowest BCUT2D eigenvalue weighted by molar-refractivity contribution is -0.114. The maximum absolute atomic E-state index is 12.4. The van der Waals surface area contributed by atoms with Crippen LogP contribution in [0.2, 0.25) is 0 Å². The molecule has 0 fully saturated rings. The molecule has 0 aliphatic rings. The van der Waals surface area contributed by atoms with Crippen molar-refractivity contribution in [1.29, 1.82) is 0 Å². The van der Waals surface area contributed by atoms with E-state index in [1.807, 2.05) is 74.5 Å². The quantitative estimate of drug-likeness (QED) is 0.203. The molecule has 0 spiro atoms. The van der Waals surface area contributed by atoms with E-state index in [-0.39, 0.29) is 4.21 Å². The molecule has 5 nitrogen and oxygen atoms in total. The lowest BCUT2D eigenvalue weighted by Crippen LogP contribution is -2.28. The van der Waals surface area contributed by atoms with Crippen molar-refractivity contribution in [2.75, 3.05) is 0 Å². The average Bonchev–Trinajstić information content (AvgIpc) is 3.53. The second-order valence-electron chi connectivity index (χ2n) is 8.71. The fourth-order valence-corrected chi connectivity index (χ4v) is 5.97. The van der Waals surface area contributed by atoms with Crippen LogP contribution in [0.5, 0.6) is 0 Å². The van der Waals surface area contributed by atoms with E-state index in [1.54, 1.807) is 17.5 Å². The Morgan fingerprint density at radius 2 is 1.65 bits per heavy atom. The highest BCUT2D eigenvalue weighted by atomic mass is 32.2. The Balaban J connectivity index is 0.00000181. The number of amides is 1. The Labute approximate surface area is 239 Å². The summed E-state index contributed by atoms with van der Waals surface area (Å²) in [6.45, 7) is 6.06. The molecule has 40 heavy (non-hydrogen) atoms. The van der Waals surface area contributed by atoms with E-state index in [2.05, 4.69) is 42.0 Å². The van der Waals surface area contributed by atoms with Gasteiger partial charge in [-0.25, -0.2) is 18.1 Å². The largest absolute Gasteiger partial charge is 0.273 e. The number of carbonyl (C=O) groups is 1. The van der Waals surface area contributed by atoms with Crippen LogP contribution in [0.1, 0.15) is 36.2 Å². The first-order valence-corrected chi connectivity index (χ1v) is 15.3. The SMILES string of the molecule is CC.Cc1ccc2ccc(/C=C/c3cccc(-c4ccccc4/C=C/C(=O)NS(=O)(=O)c4cccs4)c3)nc2c1. The molecule has 0 saturated heterocycles. The van der Waals surface area contributed by atoms with Crippen molar-refractivity contribution in [3.05, 3.63) is 125 Å². The van der Waals surface area contributed by atoms with Gasteiger partial charge in [0, 0.05) is 11.5 Å². The Hall–Kier alpha value is -4.33. The third kappa shape index (κ3) is 7.20. The van der Waals surface area contributed by atoms with Crippen molar-refractivity contribution in [3.63, 3.8) is 0 Å². The van der Waals surface area contributed by atoms with Crippen molar-refractivity contribution >= 4 is 56.4 Å². The summed E-state index contributed by atoms with van der Waals surface area (Å²) in [5.74, 6) is -0.706. The first-order valence-electron chi connectivity index (χ1n) is 12.9. The summed E-state index contributed by atoms with van der Waals surface area (Å²) >= 11 is 1.05. The Morgan fingerprint density at radius 3 is 2.45 bits per heavy atom. The predicted molar refractivity (Wildman–Crippen MR) is 167 cm³/mol. The second kappa shape index (κ2) is 13.2. The second-order valence-corrected chi connectivity index (χ2v) is 11.6. The summed E-state index contributed by atoms with van der Waals surface area (Å²) in [7, 11) is -3.88. The summed E-state index contributed by atoms with van der Waals surface area (Å²) in [6, 6.07) is 29.1. The van der Waals surface area contributed by atoms with E-state index in [0.29, 0.717) is 0 Å². The van der Waals surface area contributed by atoms with E-state index in [1.165, 1.54) is 17.7 Å². The summed E-state index contributed by atoms with van der Waals surface area (Å²) in [5, 5.41) is 2.75. The van der Waals surface area contributed by atoms with Gasteiger partial charge in [0.25, 0.3) is 15.9 Å². The van der Waals surface area contributed by atoms with Crippen LogP contribution < -0.4 is 4.72 Å². The molecular formula is C33H30N2O3S2. The van der Waals surface area contributed by atoms with Gasteiger partial charge in [0.05, 0.1) is 11.2 Å². The van der Waals surface area contributed by atoms with E-state index in [4.69, 9.17) is 4.98 Å². The molecule has 0 saturated carbocycles. The minimum Gasteiger partial charge on any atom is -0.269 e. The number of hydrogen-bond acceptors (Lipinski definition) is 5. The number of thiophene rings is 1. The Kier molecular flexibility index (Phi) is 9.43. The molecule has 0 aliphatic carbocycles. The highest BCUT2D eigenvalue weighted by Crippen LogP contribution is 2.26. The number of nitrogens with zero attached hydrogens (tertiary/aromatic N) is 1. The average molecular weight is 567 g/mol. The number of rotatable bonds is 7. The predicted octanol–water partition coefficient (Wildman–Crippen LogP) is 7.99. The van der Waals surface area contributed by atoms with Gasteiger partial charge in [-0.3, -0.25) is 4.79 Å². The normalized spacial score (nSPS) is 11.5. The van der Waals surface area contributed by atoms with Crippen molar-refractivity contribution in [2.24, 2.45) is 0 Å². The number of aryl methyl sites for hydroxylation is 1. The molecule has 5 aromatic rings. The Bertz CT molecular complexity index is 1790. The zero-order valence-electron chi connectivity index (χ0n) is 22.5. The van der Waals surface area contributed by atoms with Gasteiger partial charge in [-0.2, -0.15) is 0 Å². The fourth-order valence-electron chi connectivity index (χ4n) is 4.03. The number of carbonyl (C=O) groups excluding carboxylic acids is 1. The lowest BCUT2D eigenvalue weighted by Gasteiger charge is -2.08. The molecule has 7 heteroatoms. The van der Waals surface area contributed by atoms with Gasteiger partial charge in [-0.05, 0) is 76.5 Å². The molecule has 1 N–H and O–H groups in total. The van der Waals surface area contributed by atoms with Crippen LogP contribution in [0.15, 0.2) is 107 Å². The summed E-state index contributed by atoms with van der Waals surface area (Å²) in [4.78, 5) is 17.1. The van der Waals surface area contributed by atoms with Crippen LogP contribution in [0, 0.1) is 6.92 Å². The Morgan fingerprint density at radius 1 is 0.850 bits per heavy atom. The molecule has 5 rings (SSSR count). The van der Waals surface area contributed by atoms with Crippen LogP contribution in [-0.2, 0) is 14.8 Å². The molecular weight excluding hydrogens is 537 g/mol. The minimum atomic E-state index is -3.88. The van der Waals surface area contributed by atoms with E-state index in [0.717, 1.165) is 50.2 Å².